The van der Waals surface area contributed by atoms with Gasteiger partial charge in [-0.3, -0.25) is 0 Å². The number of hydrogen-bond acceptors (Lipinski definition) is 4. The summed E-state index contributed by atoms with van der Waals surface area (Å²) < 4.78 is 10.2. The lowest BCUT2D eigenvalue weighted by molar-refractivity contribution is 0.0505. The molecule has 0 saturated carbocycles. The molecular formula is C20H24N2O4. The van der Waals surface area contributed by atoms with E-state index in [-0.39, 0.29) is 12.0 Å². The predicted octanol–water partition coefficient (Wildman–Crippen LogP) is 3.93. The molecule has 0 aliphatic rings. The first kappa shape index (κ1) is 19.3. The number of nitrogens with one attached hydrogen (secondary N) is 1. The molecule has 0 atom stereocenters. The van der Waals surface area contributed by atoms with Crippen LogP contribution in [0, 0.1) is 0 Å². The monoisotopic (exact) mass is 356 g/mol. The maximum atomic E-state index is 12.3. The molecule has 0 radical (unpaired) electrons. The van der Waals surface area contributed by atoms with Gasteiger partial charge in [-0.05, 0) is 48.4 Å². The molecule has 26 heavy (non-hydrogen) atoms. The highest BCUT2D eigenvalue weighted by Gasteiger charge is 2.11. The number of hydrogen-bond donors (Lipinski definition) is 1. The molecule has 138 valence electrons. The molecule has 2 aromatic carbocycles. The van der Waals surface area contributed by atoms with Gasteiger partial charge in [-0.25, -0.2) is 9.59 Å². The first-order chi connectivity index (χ1) is 12.5. The van der Waals surface area contributed by atoms with E-state index in [0.717, 1.165) is 17.7 Å². The second-order valence-electron chi connectivity index (χ2n) is 5.85. The van der Waals surface area contributed by atoms with Crippen molar-refractivity contribution in [1.82, 2.24) is 4.90 Å². The maximum absolute atomic E-state index is 12.3. The second kappa shape index (κ2) is 9.46. The summed E-state index contributed by atoms with van der Waals surface area (Å²) in [6.45, 7) is 2.80. The van der Waals surface area contributed by atoms with E-state index in [0.29, 0.717) is 24.4 Å². The number of ether oxygens (including phenoxy) is 2. The Hall–Kier alpha value is -3.02. The molecule has 0 heterocycles. The van der Waals surface area contributed by atoms with E-state index in [1.165, 1.54) is 0 Å². The zero-order valence-corrected chi connectivity index (χ0v) is 15.3. The molecule has 2 aromatic rings. The van der Waals surface area contributed by atoms with Crippen LogP contribution in [0.1, 0.15) is 29.3 Å². The predicted molar refractivity (Wildman–Crippen MR) is 100 cm³/mol. The summed E-state index contributed by atoms with van der Waals surface area (Å²) in [5, 5.41) is 2.80. The minimum absolute atomic E-state index is 0.234. The van der Waals surface area contributed by atoms with E-state index < -0.39 is 0 Å². The van der Waals surface area contributed by atoms with Crippen LogP contribution in [0.3, 0.4) is 0 Å². The molecule has 0 aliphatic heterocycles. The van der Waals surface area contributed by atoms with Crippen LogP contribution in [-0.4, -0.2) is 37.7 Å². The molecule has 2 rings (SSSR count). The van der Waals surface area contributed by atoms with Crippen LogP contribution >= 0.6 is 0 Å². The normalized spacial score (nSPS) is 10.1. The van der Waals surface area contributed by atoms with E-state index in [4.69, 9.17) is 9.47 Å². The van der Waals surface area contributed by atoms with Crippen molar-refractivity contribution in [2.45, 2.75) is 19.9 Å². The average molecular weight is 356 g/mol. The van der Waals surface area contributed by atoms with Crippen molar-refractivity contribution < 1.29 is 19.1 Å². The van der Waals surface area contributed by atoms with Gasteiger partial charge in [0.15, 0.2) is 0 Å². The van der Waals surface area contributed by atoms with Gasteiger partial charge in [-0.2, -0.15) is 0 Å². The van der Waals surface area contributed by atoms with Crippen LogP contribution in [0.15, 0.2) is 48.5 Å². The van der Waals surface area contributed by atoms with Gasteiger partial charge in [-0.15, -0.1) is 0 Å². The van der Waals surface area contributed by atoms with Crippen molar-refractivity contribution in [3.8, 4) is 5.75 Å². The smallest absolute Gasteiger partial charge is 0.338 e. The van der Waals surface area contributed by atoms with Gasteiger partial charge in [0.05, 0.1) is 19.3 Å². The van der Waals surface area contributed by atoms with Gasteiger partial charge < -0.3 is 19.7 Å². The lowest BCUT2D eigenvalue weighted by Gasteiger charge is -2.18. The highest BCUT2D eigenvalue weighted by molar-refractivity contribution is 5.92. The molecule has 0 fully saturated rings. The Kier molecular flexibility index (Phi) is 7.02. The third kappa shape index (κ3) is 5.51. The largest absolute Gasteiger partial charge is 0.497 e. The van der Waals surface area contributed by atoms with Crippen molar-refractivity contribution in [3.05, 3.63) is 59.7 Å². The van der Waals surface area contributed by atoms with Gasteiger partial charge in [-0.1, -0.05) is 19.1 Å². The van der Waals surface area contributed by atoms with Crippen molar-refractivity contribution in [2.75, 3.05) is 26.1 Å². The number of urea groups is 1. The number of carbonyl (C=O) groups is 2. The Morgan fingerprint density at radius 1 is 1.04 bits per heavy atom. The van der Waals surface area contributed by atoms with Crippen LogP contribution < -0.4 is 10.1 Å². The zero-order valence-electron chi connectivity index (χ0n) is 15.3. The summed E-state index contributed by atoms with van der Waals surface area (Å²) in [7, 11) is 3.33. The van der Waals surface area contributed by atoms with Crippen molar-refractivity contribution >= 4 is 17.7 Å². The fourth-order valence-corrected chi connectivity index (χ4v) is 2.26. The Balaban J connectivity index is 1.90. The number of amides is 2. The molecule has 0 bridgehead atoms. The first-order valence-electron chi connectivity index (χ1n) is 8.45. The summed E-state index contributed by atoms with van der Waals surface area (Å²) >= 11 is 0. The summed E-state index contributed by atoms with van der Waals surface area (Å²) in [6.07, 6.45) is 0.778. The number of carbonyl (C=O) groups excluding carboxylic acids is 2. The zero-order chi connectivity index (χ0) is 18.9. The van der Waals surface area contributed by atoms with Gasteiger partial charge in [0.25, 0.3) is 0 Å². The number of anilines is 1. The number of methoxy groups -OCH3 is 1. The number of nitrogens with zero attached hydrogens (tertiary/aromatic N) is 1. The lowest BCUT2D eigenvalue weighted by Crippen LogP contribution is -2.30. The molecule has 6 nitrogen and oxygen atoms in total. The average Bonchev–Trinajstić information content (AvgIpc) is 2.67. The summed E-state index contributed by atoms with van der Waals surface area (Å²) in [6, 6.07) is 14.0. The van der Waals surface area contributed by atoms with E-state index in [1.54, 1.807) is 43.3 Å². The molecule has 1 N–H and O–H groups in total. The minimum Gasteiger partial charge on any atom is -0.497 e. The summed E-state index contributed by atoms with van der Waals surface area (Å²) in [5.41, 5.74) is 2.07. The van der Waals surface area contributed by atoms with Crippen molar-refractivity contribution in [1.29, 1.82) is 0 Å². The fraction of sp³-hybridized carbons (Fsp3) is 0.300. The van der Waals surface area contributed by atoms with E-state index in [9.17, 15) is 9.59 Å². The van der Waals surface area contributed by atoms with Crippen LogP contribution in [0.4, 0.5) is 10.5 Å². The summed E-state index contributed by atoms with van der Waals surface area (Å²) in [4.78, 5) is 25.6. The molecule has 0 aromatic heterocycles. The standard InChI is InChI=1S/C20H24N2O4/c1-4-13-26-19(23)16-7-9-17(10-8-16)21-20(24)22(2)14-15-5-11-18(25-3)12-6-15/h5-12H,4,13-14H2,1-3H3,(H,21,24). The molecule has 2 amide bonds. The highest BCUT2D eigenvalue weighted by atomic mass is 16.5. The SMILES string of the molecule is CCCOC(=O)c1ccc(NC(=O)N(C)Cc2ccc(OC)cc2)cc1. The molecule has 0 saturated heterocycles. The molecule has 0 unspecified atom stereocenters. The minimum atomic E-state index is -0.360. The van der Waals surface area contributed by atoms with E-state index >= 15 is 0 Å². The number of esters is 1. The quantitative estimate of drug-likeness (QED) is 0.764. The first-order valence-corrected chi connectivity index (χ1v) is 8.45. The number of rotatable bonds is 7. The van der Waals surface area contributed by atoms with Crippen molar-refractivity contribution in [3.63, 3.8) is 0 Å². The number of benzene rings is 2. The van der Waals surface area contributed by atoms with Gasteiger partial charge in [0.1, 0.15) is 5.75 Å². The Morgan fingerprint density at radius 3 is 2.27 bits per heavy atom. The fourth-order valence-electron chi connectivity index (χ4n) is 2.26. The molecule has 0 spiro atoms. The topological polar surface area (TPSA) is 67.9 Å². The van der Waals surface area contributed by atoms with Crippen LogP contribution in [0.2, 0.25) is 0 Å². The van der Waals surface area contributed by atoms with Crippen LogP contribution in [0.25, 0.3) is 0 Å². The second-order valence-corrected chi connectivity index (χ2v) is 5.85. The van der Waals surface area contributed by atoms with Crippen molar-refractivity contribution in [2.24, 2.45) is 0 Å². The molecule has 6 heteroatoms. The van der Waals surface area contributed by atoms with Crippen LogP contribution in [-0.2, 0) is 11.3 Å². The Labute approximate surface area is 153 Å². The van der Waals surface area contributed by atoms with Crippen LogP contribution in [0.5, 0.6) is 5.75 Å². The third-order valence-corrected chi connectivity index (χ3v) is 3.73. The Morgan fingerprint density at radius 2 is 1.69 bits per heavy atom. The maximum Gasteiger partial charge on any atom is 0.338 e. The molecule has 0 aliphatic carbocycles. The van der Waals surface area contributed by atoms with Gasteiger partial charge in [0, 0.05) is 19.3 Å². The van der Waals surface area contributed by atoms with Gasteiger partial charge >= 0.3 is 12.0 Å². The van der Waals surface area contributed by atoms with E-state index in [2.05, 4.69) is 5.32 Å². The van der Waals surface area contributed by atoms with Gasteiger partial charge in [0.2, 0.25) is 0 Å². The Bertz CT molecular complexity index is 726. The van der Waals surface area contributed by atoms with E-state index in [1.807, 2.05) is 31.2 Å². The third-order valence-electron chi connectivity index (χ3n) is 3.73. The lowest BCUT2D eigenvalue weighted by atomic mass is 10.2. The molecular weight excluding hydrogens is 332 g/mol. The summed E-state index contributed by atoms with van der Waals surface area (Å²) in [5.74, 6) is 0.416. The highest BCUT2D eigenvalue weighted by Crippen LogP contribution is 2.14.